The number of aromatic nitrogens is 1. The molecule has 0 spiro atoms. The van der Waals surface area contributed by atoms with Crippen molar-refractivity contribution in [3.63, 3.8) is 0 Å². The molecular weight excluding hydrogens is 332 g/mol. The molecule has 2 heterocycles. The Labute approximate surface area is 152 Å². The number of aliphatic hydroxyl groups is 1. The van der Waals surface area contributed by atoms with E-state index in [1.165, 1.54) is 10.6 Å². The van der Waals surface area contributed by atoms with E-state index in [1.807, 2.05) is 31.2 Å². The summed E-state index contributed by atoms with van der Waals surface area (Å²) in [5.74, 6) is -0.149. The van der Waals surface area contributed by atoms with Gasteiger partial charge in [-0.05, 0) is 24.1 Å². The van der Waals surface area contributed by atoms with Crippen LogP contribution in [0.1, 0.15) is 11.1 Å². The number of rotatable bonds is 5. The van der Waals surface area contributed by atoms with Crippen LogP contribution in [-0.2, 0) is 22.5 Å². The lowest BCUT2D eigenvalue weighted by Gasteiger charge is -2.42. The van der Waals surface area contributed by atoms with Crippen molar-refractivity contribution in [1.29, 1.82) is 0 Å². The zero-order valence-electron chi connectivity index (χ0n) is 14.9. The van der Waals surface area contributed by atoms with E-state index in [0.717, 1.165) is 11.1 Å². The fraction of sp³-hybridized carbons (Fsp3) is 0.400. The van der Waals surface area contributed by atoms with Crippen LogP contribution in [0, 0.1) is 6.92 Å². The first kappa shape index (κ1) is 18.4. The van der Waals surface area contributed by atoms with E-state index in [1.54, 1.807) is 23.2 Å². The van der Waals surface area contributed by atoms with Crippen LogP contribution in [0.5, 0.6) is 0 Å². The van der Waals surface area contributed by atoms with Gasteiger partial charge in [0, 0.05) is 25.2 Å². The Morgan fingerprint density at radius 2 is 2.00 bits per heavy atom. The SMILES string of the molecule is Cc1ccccc1C[C@@]1(CO)CN(C(=O)Cn2ccccc2=O)CCO1. The van der Waals surface area contributed by atoms with Gasteiger partial charge in [0.25, 0.3) is 5.56 Å². The molecule has 6 nitrogen and oxygen atoms in total. The lowest BCUT2D eigenvalue weighted by molar-refractivity contribution is -0.158. The molecule has 0 bridgehead atoms. The molecule has 1 aromatic heterocycles. The Balaban J connectivity index is 1.74. The molecule has 1 N–H and O–H groups in total. The van der Waals surface area contributed by atoms with E-state index in [4.69, 9.17) is 4.74 Å². The quantitative estimate of drug-likeness (QED) is 0.867. The third-order valence-corrected chi connectivity index (χ3v) is 4.87. The molecule has 1 atom stereocenters. The lowest BCUT2D eigenvalue weighted by atomic mass is 9.91. The zero-order valence-corrected chi connectivity index (χ0v) is 14.9. The molecule has 0 unspecified atom stereocenters. The highest BCUT2D eigenvalue weighted by atomic mass is 16.5. The summed E-state index contributed by atoms with van der Waals surface area (Å²) in [4.78, 5) is 26.2. The first-order chi connectivity index (χ1) is 12.5. The average Bonchev–Trinajstić information content (AvgIpc) is 2.66. The molecule has 0 aliphatic carbocycles. The van der Waals surface area contributed by atoms with E-state index in [-0.39, 0.29) is 24.6 Å². The van der Waals surface area contributed by atoms with Crippen molar-refractivity contribution >= 4 is 5.91 Å². The zero-order chi connectivity index (χ0) is 18.6. The Kier molecular flexibility index (Phi) is 5.54. The molecule has 3 rings (SSSR count). The maximum Gasteiger partial charge on any atom is 0.250 e. The number of aryl methyl sites for hydroxylation is 1. The van der Waals surface area contributed by atoms with Crippen molar-refractivity contribution in [2.24, 2.45) is 0 Å². The number of pyridine rings is 1. The predicted molar refractivity (Wildman–Crippen MR) is 97.9 cm³/mol. The third kappa shape index (κ3) is 4.03. The number of nitrogens with zero attached hydrogens (tertiary/aromatic N) is 2. The van der Waals surface area contributed by atoms with Gasteiger partial charge in [0.15, 0.2) is 0 Å². The summed E-state index contributed by atoms with van der Waals surface area (Å²) in [5.41, 5.74) is 1.20. The molecule has 1 aromatic carbocycles. The van der Waals surface area contributed by atoms with Crippen LogP contribution in [0.15, 0.2) is 53.5 Å². The van der Waals surface area contributed by atoms with Gasteiger partial charge in [-0.15, -0.1) is 0 Å². The summed E-state index contributed by atoms with van der Waals surface area (Å²) in [6, 6.07) is 12.8. The van der Waals surface area contributed by atoms with Crippen molar-refractivity contribution in [1.82, 2.24) is 9.47 Å². The van der Waals surface area contributed by atoms with Crippen molar-refractivity contribution in [3.8, 4) is 0 Å². The van der Waals surface area contributed by atoms with Crippen LogP contribution in [0.25, 0.3) is 0 Å². The highest BCUT2D eigenvalue weighted by Crippen LogP contribution is 2.24. The number of hydrogen-bond acceptors (Lipinski definition) is 4. The lowest BCUT2D eigenvalue weighted by Crippen LogP contribution is -2.57. The highest BCUT2D eigenvalue weighted by Gasteiger charge is 2.38. The number of morpholine rings is 1. The Bertz CT molecular complexity index is 832. The molecule has 26 heavy (non-hydrogen) atoms. The van der Waals surface area contributed by atoms with Gasteiger partial charge in [-0.25, -0.2) is 0 Å². The number of benzene rings is 1. The van der Waals surface area contributed by atoms with Gasteiger partial charge in [-0.2, -0.15) is 0 Å². The minimum Gasteiger partial charge on any atom is -0.393 e. The Hall–Kier alpha value is -2.44. The molecular formula is C20H24N2O4. The van der Waals surface area contributed by atoms with Crippen LogP contribution in [0.3, 0.4) is 0 Å². The summed E-state index contributed by atoms with van der Waals surface area (Å²) in [6.07, 6.45) is 2.14. The Morgan fingerprint density at radius 1 is 1.23 bits per heavy atom. The summed E-state index contributed by atoms with van der Waals surface area (Å²) >= 11 is 0. The summed E-state index contributed by atoms with van der Waals surface area (Å²) in [5, 5.41) is 10.0. The van der Waals surface area contributed by atoms with E-state index < -0.39 is 5.60 Å². The first-order valence-electron chi connectivity index (χ1n) is 8.76. The van der Waals surface area contributed by atoms with E-state index >= 15 is 0 Å². The van der Waals surface area contributed by atoms with E-state index in [2.05, 4.69) is 0 Å². The van der Waals surface area contributed by atoms with Crippen LogP contribution < -0.4 is 5.56 Å². The molecule has 1 saturated heterocycles. The van der Waals surface area contributed by atoms with Crippen molar-refractivity contribution in [3.05, 3.63) is 70.1 Å². The van der Waals surface area contributed by atoms with Crippen LogP contribution in [0.4, 0.5) is 0 Å². The maximum atomic E-state index is 12.7. The summed E-state index contributed by atoms with van der Waals surface area (Å²) in [7, 11) is 0. The number of carbonyl (C=O) groups is 1. The molecule has 1 aliphatic rings. The summed E-state index contributed by atoms with van der Waals surface area (Å²) in [6.45, 7) is 2.96. The van der Waals surface area contributed by atoms with Crippen molar-refractivity contribution in [2.45, 2.75) is 25.5 Å². The van der Waals surface area contributed by atoms with Gasteiger partial charge in [0.05, 0.1) is 19.8 Å². The van der Waals surface area contributed by atoms with Gasteiger partial charge in [0.1, 0.15) is 12.1 Å². The van der Waals surface area contributed by atoms with Crippen LogP contribution in [0.2, 0.25) is 0 Å². The monoisotopic (exact) mass is 356 g/mol. The molecule has 0 radical (unpaired) electrons. The van der Waals surface area contributed by atoms with Gasteiger partial charge in [0.2, 0.25) is 5.91 Å². The molecule has 1 fully saturated rings. The number of aliphatic hydroxyl groups excluding tert-OH is 1. The second kappa shape index (κ2) is 7.85. The minimum atomic E-state index is -0.818. The fourth-order valence-corrected chi connectivity index (χ4v) is 3.31. The topological polar surface area (TPSA) is 71.8 Å². The van der Waals surface area contributed by atoms with Crippen LogP contribution >= 0.6 is 0 Å². The molecule has 2 aromatic rings. The Morgan fingerprint density at radius 3 is 2.73 bits per heavy atom. The predicted octanol–water partition coefficient (Wildman–Crippen LogP) is 0.989. The maximum absolute atomic E-state index is 12.7. The average molecular weight is 356 g/mol. The first-order valence-corrected chi connectivity index (χ1v) is 8.76. The van der Waals surface area contributed by atoms with Gasteiger partial charge >= 0.3 is 0 Å². The van der Waals surface area contributed by atoms with E-state index in [0.29, 0.717) is 26.1 Å². The second-order valence-corrected chi connectivity index (χ2v) is 6.77. The fourth-order valence-electron chi connectivity index (χ4n) is 3.31. The number of ether oxygens (including phenoxy) is 1. The van der Waals surface area contributed by atoms with Crippen molar-refractivity contribution < 1.29 is 14.6 Å². The van der Waals surface area contributed by atoms with Gasteiger partial charge in [-0.3, -0.25) is 9.59 Å². The third-order valence-electron chi connectivity index (χ3n) is 4.87. The number of amides is 1. The van der Waals surface area contributed by atoms with Crippen LogP contribution in [-0.4, -0.2) is 52.4 Å². The normalized spacial score (nSPS) is 20.2. The van der Waals surface area contributed by atoms with Crippen molar-refractivity contribution in [2.75, 3.05) is 26.3 Å². The standard InChI is InChI=1S/C20H24N2O4/c1-16-6-2-3-7-17(16)12-20(15-23)14-22(10-11-26-20)19(25)13-21-9-5-4-8-18(21)24/h2-9,23H,10-15H2,1H3/t20-/m0/s1. The smallest absolute Gasteiger partial charge is 0.250 e. The minimum absolute atomic E-state index is 0.00839. The number of carbonyl (C=O) groups excluding carboxylic acids is 1. The molecule has 138 valence electrons. The van der Waals surface area contributed by atoms with E-state index in [9.17, 15) is 14.7 Å². The summed E-state index contributed by atoms with van der Waals surface area (Å²) < 4.78 is 7.30. The molecule has 1 amide bonds. The second-order valence-electron chi connectivity index (χ2n) is 6.77. The highest BCUT2D eigenvalue weighted by molar-refractivity contribution is 5.76. The van der Waals surface area contributed by atoms with Gasteiger partial charge < -0.3 is 19.3 Å². The largest absolute Gasteiger partial charge is 0.393 e. The number of hydrogen-bond donors (Lipinski definition) is 1. The molecule has 0 saturated carbocycles. The van der Waals surface area contributed by atoms with Gasteiger partial charge in [-0.1, -0.05) is 30.3 Å². The molecule has 6 heteroatoms. The molecule has 1 aliphatic heterocycles.